The second-order valence-corrected chi connectivity index (χ2v) is 10.5. The van der Waals surface area contributed by atoms with Gasteiger partial charge in [-0.05, 0) is 31.9 Å². The summed E-state index contributed by atoms with van der Waals surface area (Å²) in [7, 11) is 0. The molecule has 0 amide bonds. The van der Waals surface area contributed by atoms with Crippen LogP contribution in [-0.2, 0) is 9.59 Å². The summed E-state index contributed by atoms with van der Waals surface area (Å²) in [6.07, 6.45) is 0.440. The summed E-state index contributed by atoms with van der Waals surface area (Å²) >= 11 is 0. The lowest BCUT2D eigenvalue weighted by Gasteiger charge is -2.40. The van der Waals surface area contributed by atoms with Gasteiger partial charge >= 0.3 is 11.9 Å². The number of nitrogens with zero attached hydrogens (tertiary/aromatic N) is 4. The van der Waals surface area contributed by atoms with Gasteiger partial charge in [-0.25, -0.2) is 24.5 Å². The lowest BCUT2D eigenvalue weighted by molar-refractivity contribution is -0.165. The second kappa shape index (κ2) is 11.2. The Labute approximate surface area is 239 Å². The third-order valence-electron chi connectivity index (χ3n) is 7.19. The molecule has 1 aliphatic rings. The van der Waals surface area contributed by atoms with Gasteiger partial charge in [0.15, 0.2) is 12.2 Å². The topological polar surface area (TPSA) is 204 Å². The molecule has 3 heterocycles. The van der Waals surface area contributed by atoms with Gasteiger partial charge in [-0.2, -0.15) is 0 Å². The molecule has 0 spiro atoms. The number of fused-ring (bicyclic) bond motifs is 2. The number of aliphatic hydroxyl groups is 3. The molecule has 0 aliphatic heterocycles. The van der Waals surface area contributed by atoms with Gasteiger partial charge in [0.05, 0.1) is 16.8 Å². The number of aliphatic carboxylic acids is 2. The van der Waals surface area contributed by atoms with Crippen LogP contribution in [0.2, 0.25) is 0 Å². The fourth-order valence-electron chi connectivity index (χ4n) is 5.07. The van der Waals surface area contributed by atoms with Crippen molar-refractivity contribution in [2.75, 3.05) is 5.73 Å². The molecule has 1 saturated carbocycles. The van der Waals surface area contributed by atoms with Crippen molar-refractivity contribution in [1.82, 2.24) is 19.4 Å². The molecule has 0 bridgehead atoms. The molecule has 1 aliphatic carbocycles. The Kier molecular flexibility index (Phi) is 7.61. The van der Waals surface area contributed by atoms with E-state index in [0.717, 1.165) is 44.8 Å². The van der Waals surface area contributed by atoms with Crippen LogP contribution >= 0.6 is 0 Å². The van der Waals surface area contributed by atoms with Crippen molar-refractivity contribution in [3.63, 3.8) is 0 Å². The van der Waals surface area contributed by atoms with Crippen molar-refractivity contribution in [2.45, 2.75) is 43.5 Å². The molecular weight excluding hydrogens is 542 g/mol. The van der Waals surface area contributed by atoms with E-state index in [4.69, 9.17) is 36.1 Å². The summed E-state index contributed by atoms with van der Waals surface area (Å²) in [5, 5.41) is 43.8. The van der Waals surface area contributed by atoms with Crippen LogP contribution in [0.5, 0.6) is 0 Å². The standard InChI is InChI=1S/C26H23N5O.C4H6O6/c1-26(32)14-19(15-26)25-30-22(23-24(27)28-11-12-31(23)25)18-8-7-17-9-10-20(29-21(17)13-18)16-5-3-2-4-6-16;5-1(3(7)8)2(6)4(9)10/h2-13,19,32H,14-15H2,1H3,(H2,27,28);1-2,5-6H,(H,7,8)(H,9,10)/t19-,26-;. The van der Waals surface area contributed by atoms with Crippen molar-refractivity contribution < 1.29 is 35.1 Å². The molecule has 2 aromatic carbocycles. The van der Waals surface area contributed by atoms with Crippen LogP contribution in [0.25, 0.3) is 38.9 Å². The summed E-state index contributed by atoms with van der Waals surface area (Å²) in [5.41, 5.74) is 11.1. The fraction of sp³-hybridized carbons (Fsp3) is 0.233. The maximum Gasteiger partial charge on any atom is 0.335 e. The summed E-state index contributed by atoms with van der Waals surface area (Å²) in [4.78, 5) is 33.8. The van der Waals surface area contributed by atoms with E-state index in [9.17, 15) is 14.7 Å². The number of carboxylic acids is 2. The smallest absolute Gasteiger partial charge is 0.335 e. The molecule has 12 heteroatoms. The molecule has 0 radical (unpaired) electrons. The number of aromatic nitrogens is 4. The lowest BCUT2D eigenvalue weighted by Crippen LogP contribution is -2.40. The second-order valence-electron chi connectivity index (χ2n) is 10.5. The van der Waals surface area contributed by atoms with Crippen LogP contribution < -0.4 is 5.73 Å². The van der Waals surface area contributed by atoms with E-state index in [1.807, 2.05) is 41.8 Å². The van der Waals surface area contributed by atoms with Crippen LogP contribution in [0.3, 0.4) is 0 Å². The number of pyridine rings is 1. The number of hydrogen-bond acceptors (Lipinski definition) is 9. The van der Waals surface area contributed by atoms with Gasteiger partial charge in [0.2, 0.25) is 0 Å². The third kappa shape index (κ3) is 5.63. The number of carboxylic acid groups (broad SMARTS) is 2. The molecule has 3 aromatic heterocycles. The van der Waals surface area contributed by atoms with Crippen LogP contribution in [0.4, 0.5) is 5.82 Å². The zero-order valence-corrected chi connectivity index (χ0v) is 22.5. The quantitative estimate of drug-likeness (QED) is 0.175. The Hall–Kier alpha value is -4.91. The monoisotopic (exact) mass is 571 g/mol. The predicted molar refractivity (Wildman–Crippen MR) is 153 cm³/mol. The van der Waals surface area contributed by atoms with Gasteiger partial charge in [-0.15, -0.1) is 0 Å². The van der Waals surface area contributed by atoms with Crippen LogP contribution in [0, 0.1) is 0 Å². The largest absolute Gasteiger partial charge is 0.479 e. The van der Waals surface area contributed by atoms with Crippen LogP contribution in [0.15, 0.2) is 73.1 Å². The minimum Gasteiger partial charge on any atom is -0.479 e. The molecule has 0 saturated heterocycles. The molecule has 2 atom stereocenters. The first kappa shape index (κ1) is 28.6. The van der Waals surface area contributed by atoms with Gasteiger partial charge < -0.3 is 31.3 Å². The number of imidazole rings is 1. The minimum atomic E-state index is -2.27. The minimum absolute atomic E-state index is 0.191. The highest BCUT2D eigenvalue weighted by Gasteiger charge is 2.41. The summed E-state index contributed by atoms with van der Waals surface area (Å²) in [6, 6.07) is 20.5. The van der Waals surface area contributed by atoms with Crippen LogP contribution in [-0.4, -0.2) is 74.6 Å². The molecular formula is C30H29N5O7. The van der Waals surface area contributed by atoms with Gasteiger partial charge in [0.1, 0.15) is 22.9 Å². The highest BCUT2D eigenvalue weighted by Crippen LogP contribution is 2.45. The van der Waals surface area contributed by atoms with Crippen molar-refractivity contribution >= 4 is 34.2 Å². The van der Waals surface area contributed by atoms with Crippen molar-refractivity contribution in [2.24, 2.45) is 0 Å². The zero-order valence-electron chi connectivity index (χ0n) is 22.5. The maximum atomic E-state index is 10.3. The number of anilines is 1. The first-order chi connectivity index (χ1) is 19.9. The first-order valence-corrected chi connectivity index (χ1v) is 13.1. The number of hydrogen-bond donors (Lipinski definition) is 6. The summed E-state index contributed by atoms with van der Waals surface area (Å²) in [6.45, 7) is 1.87. The van der Waals surface area contributed by atoms with Crippen LogP contribution in [0.1, 0.15) is 31.5 Å². The normalized spacial score (nSPS) is 19.4. The zero-order chi connectivity index (χ0) is 30.2. The summed E-state index contributed by atoms with van der Waals surface area (Å²) in [5.74, 6) is -1.98. The first-order valence-electron chi connectivity index (χ1n) is 13.1. The molecule has 5 aromatic rings. The molecule has 7 N–H and O–H groups in total. The Bertz CT molecular complexity index is 1760. The van der Waals surface area contributed by atoms with E-state index >= 15 is 0 Å². The number of carbonyl (C=O) groups is 2. The number of aliphatic hydroxyl groups excluding tert-OH is 2. The molecule has 12 nitrogen and oxygen atoms in total. The maximum absolute atomic E-state index is 10.3. The number of nitrogens with two attached hydrogens (primary N) is 1. The fourth-order valence-corrected chi connectivity index (χ4v) is 5.07. The number of rotatable bonds is 6. The van der Waals surface area contributed by atoms with E-state index in [2.05, 4.69) is 41.4 Å². The van der Waals surface area contributed by atoms with E-state index in [0.29, 0.717) is 18.7 Å². The third-order valence-corrected chi connectivity index (χ3v) is 7.19. The molecule has 6 rings (SSSR count). The van der Waals surface area contributed by atoms with Gasteiger partial charge in [-0.3, -0.25) is 4.40 Å². The SMILES string of the molecule is C[C@]1(O)C[C@H](c2nc(-c3ccc4ccc(-c5ccccc5)nc4c3)c3c(N)nccn32)C1.O=C(O)C(O)C(O)C(=O)O. The summed E-state index contributed by atoms with van der Waals surface area (Å²) < 4.78 is 2.02. The van der Waals surface area contributed by atoms with E-state index in [1.165, 1.54) is 0 Å². The van der Waals surface area contributed by atoms with Gasteiger partial charge in [-0.1, -0.05) is 48.5 Å². The average Bonchev–Trinajstić information content (AvgIpc) is 3.36. The molecule has 216 valence electrons. The Morgan fingerprint density at radius 3 is 2.21 bits per heavy atom. The van der Waals surface area contributed by atoms with Crippen molar-refractivity contribution in [3.05, 3.63) is 78.9 Å². The van der Waals surface area contributed by atoms with Gasteiger partial charge in [0, 0.05) is 34.8 Å². The van der Waals surface area contributed by atoms with E-state index in [-0.39, 0.29) is 5.92 Å². The highest BCUT2D eigenvalue weighted by atomic mass is 16.4. The van der Waals surface area contributed by atoms with Gasteiger partial charge in [0.25, 0.3) is 0 Å². The lowest BCUT2D eigenvalue weighted by atomic mass is 9.72. The average molecular weight is 572 g/mol. The van der Waals surface area contributed by atoms with Crippen molar-refractivity contribution in [3.8, 4) is 22.5 Å². The molecule has 2 unspecified atom stereocenters. The predicted octanol–water partition coefficient (Wildman–Crippen LogP) is 2.70. The van der Waals surface area contributed by atoms with E-state index in [1.54, 1.807) is 6.20 Å². The Morgan fingerprint density at radius 2 is 1.60 bits per heavy atom. The van der Waals surface area contributed by atoms with Crippen molar-refractivity contribution in [1.29, 1.82) is 0 Å². The Morgan fingerprint density at radius 1 is 0.952 bits per heavy atom. The molecule has 42 heavy (non-hydrogen) atoms. The highest BCUT2D eigenvalue weighted by molar-refractivity contribution is 5.91. The number of benzene rings is 2. The number of nitrogen functional groups attached to an aromatic ring is 1. The molecule has 1 fully saturated rings. The van der Waals surface area contributed by atoms with E-state index < -0.39 is 29.7 Å². The Balaban J connectivity index is 0.000000305.